The number of aldehydes is 1. The van der Waals surface area contributed by atoms with E-state index in [1.54, 1.807) is 13.0 Å². The van der Waals surface area contributed by atoms with Gasteiger partial charge in [-0.3, -0.25) is 14.5 Å². The number of nitrogens with one attached hydrogen (secondary N) is 1. The molecule has 1 saturated heterocycles. The van der Waals surface area contributed by atoms with Crippen LogP contribution in [0.3, 0.4) is 0 Å². The Kier molecular flexibility index (Phi) is 4.76. The number of imide groups is 1. The van der Waals surface area contributed by atoms with Gasteiger partial charge in [-0.25, -0.2) is 0 Å². The summed E-state index contributed by atoms with van der Waals surface area (Å²) >= 11 is 0. The minimum Gasteiger partial charge on any atom is -0.317 e. The quantitative estimate of drug-likeness (QED) is 0.630. The highest BCUT2D eigenvalue weighted by atomic mass is 16.2. The number of rotatable bonds is 4. The van der Waals surface area contributed by atoms with Crippen LogP contribution in [-0.2, 0) is 14.4 Å². The molecule has 1 N–H and O–H groups in total. The fourth-order valence-electron chi connectivity index (χ4n) is 3.59. The molecular formula is C18H24N2O3. The summed E-state index contributed by atoms with van der Waals surface area (Å²) in [6.07, 6.45) is 8.21. The molecule has 2 fully saturated rings. The lowest BCUT2D eigenvalue weighted by atomic mass is 9.95. The van der Waals surface area contributed by atoms with Gasteiger partial charge in [0.05, 0.1) is 0 Å². The van der Waals surface area contributed by atoms with Gasteiger partial charge < -0.3 is 10.1 Å². The highest BCUT2D eigenvalue weighted by Gasteiger charge is 2.41. The van der Waals surface area contributed by atoms with Crippen LogP contribution in [0.25, 0.3) is 0 Å². The largest absolute Gasteiger partial charge is 0.317 e. The van der Waals surface area contributed by atoms with Crippen molar-refractivity contribution in [2.75, 3.05) is 19.6 Å². The Morgan fingerprint density at radius 3 is 2.70 bits per heavy atom. The predicted molar refractivity (Wildman–Crippen MR) is 86.4 cm³/mol. The second-order valence-corrected chi connectivity index (χ2v) is 6.84. The van der Waals surface area contributed by atoms with Gasteiger partial charge in [-0.1, -0.05) is 11.6 Å². The third-order valence-electron chi connectivity index (χ3n) is 5.14. The smallest absolute Gasteiger partial charge is 0.256 e. The molecule has 1 saturated carbocycles. The first-order chi connectivity index (χ1) is 11.1. The summed E-state index contributed by atoms with van der Waals surface area (Å²) in [6, 6.07) is 0. The summed E-state index contributed by atoms with van der Waals surface area (Å²) in [7, 11) is 0. The Morgan fingerprint density at radius 1 is 1.35 bits per heavy atom. The van der Waals surface area contributed by atoms with E-state index in [-0.39, 0.29) is 23.7 Å². The molecule has 0 aromatic carbocycles. The van der Waals surface area contributed by atoms with Crippen LogP contribution in [0.2, 0.25) is 0 Å². The van der Waals surface area contributed by atoms with E-state index in [9.17, 15) is 14.4 Å². The average molecular weight is 316 g/mol. The van der Waals surface area contributed by atoms with Crippen LogP contribution in [0.1, 0.15) is 32.6 Å². The van der Waals surface area contributed by atoms with Gasteiger partial charge in [0.1, 0.15) is 6.29 Å². The molecule has 0 aromatic heterocycles. The molecule has 3 aliphatic rings. The molecule has 5 heteroatoms. The normalized spacial score (nSPS) is 29.3. The van der Waals surface area contributed by atoms with E-state index in [0.717, 1.165) is 44.2 Å². The highest BCUT2D eigenvalue weighted by Crippen LogP contribution is 2.44. The minimum absolute atomic E-state index is 0.0813. The lowest BCUT2D eigenvalue weighted by Gasteiger charge is -2.26. The van der Waals surface area contributed by atoms with E-state index >= 15 is 0 Å². The maximum absolute atomic E-state index is 12.5. The fraction of sp³-hybridized carbons (Fsp3) is 0.611. The molecule has 2 unspecified atom stereocenters. The average Bonchev–Trinajstić information content (AvgIpc) is 3.35. The zero-order valence-electron chi connectivity index (χ0n) is 13.6. The zero-order chi connectivity index (χ0) is 16.4. The van der Waals surface area contributed by atoms with Crippen molar-refractivity contribution in [1.82, 2.24) is 10.2 Å². The number of carbonyl (C=O) groups is 3. The van der Waals surface area contributed by atoms with Crippen molar-refractivity contribution >= 4 is 18.1 Å². The number of amides is 2. The highest BCUT2D eigenvalue weighted by molar-refractivity contribution is 6.08. The third kappa shape index (κ3) is 3.61. The zero-order valence-corrected chi connectivity index (χ0v) is 13.6. The molecule has 0 radical (unpaired) electrons. The Hall–Kier alpha value is -1.75. The second-order valence-electron chi connectivity index (χ2n) is 6.84. The topological polar surface area (TPSA) is 66.5 Å². The van der Waals surface area contributed by atoms with E-state index in [2.05, 4.69) is 5.32 Å². The van der Waals surface area contributed by atoms with Crippen molar-refractivity contribution in [3.63, 3.8) is 0 Å². The van der Waals surface area contributed by atoms with Crippen LogP contribution in [0.5, 0.6) is 0 Å². The van der Waals surface area contributed by atoms with Gasteiger partial charge in [0.2, 0.25) is 0 Å². The summed E-state index contributed by atoms with van der Waals surface area (Å²) < 4.78 is 0. The van der Waals surface area contributed by atoms with E-state index in [1.165, 1.54) is 4.90 Å². The van der Waals surface area contributed by atoms with E-state index in [1.807, 2.05) is 6.08 Å². The predicted octanol–water partition coefficient (Wildman–Crippen LogP) is 1.45. The summed E-state index contributed by atoms with van der Waals surface area (Å²) in [5, 5.41) is 3.31. The van der Waals surface area contributed by atoms with Gasteiger partial charge in [0.25, 0.3) is 11.8 Å². The van der Waals surface area contributed by atoms with Gasteiger partial charge in [-0.15, -0.1) is 0 Å². The molecule has 124 valence electrons. The van der Waals surface area contributed by atoms with Crippen molar-refractivity contribution in [2.45, 2.75) is 32.6 Å². The number of carbonyl (C=O) groups excluding carboxylic acids is 3. The van der Waals surface area contributed by atoms with E-state index in [4.69, 9.17) is 0 Å². The maximum atomic E-state index is 12.5. The van der Waals surface area contributed by atoms with Crippen LogP contribution >= 0.6 is 0 Å². The first-order valence-electron chi connectivity index (χ1n) is 8.51. The molecule has 2 atom stereocenters. The minimum atomic E-state index is -0.231. The fourth-order valence-corrected chi connectivity index (χ4v) is 3.59. The lowest BCUT2D eigenvalue weighted by molar-refractivity contribution is -0.140. The molecule has 2 aliphatic heterocycles. The molecule has 3 rings (SSSR count). The van der Waals surface area contributed by atoms with Crippen molar-refractivity contribution < 1.29 is 14.4 Å². The van der Waals surface area contributed by atoms with Gasteiger partial charge in [0.15, 0.2) is 0 Å². The molecule has 5 nitrogen and oxygen atoms in total. The summed E-state index contributed by atoms with van der Waals surface area (Å²) in [5.41, 5.74) is 1.70. The summed E-state index contributed by atoms with van der Waals surface area (Å²) in [5.74, 6) is 0.335. The standard InChI is InChI=1S/C18H24N2O3/c1-12(8-13-2-5-19-6-3-13)18(23)20-7-4-14(10-17(20)22)16-9-15(16)11-21/h8,10-11,13,15-16,19H,2-7,9H2,1H3/b12-8+. The van der Waals surface area contributed by atoms with E-state index < -0.39 is 0 Å². The molecule has 2 amide bonds. The number of allylic oxidation sites excluding steroid dienone is 1. The first kappa shape index (κ1) is 16.1. The Balaban J connectivity index is 1.63. The Labute approximate surface area is 136 Å². The van der Waals surface area contributed by atoms with Crippen LogP contribution in [-0.4, -0.2) is 42.6 Å². The number of piperidine rings is 1. The molecule has 23 heavy (non-hydrogen) atoms. The molecule has 1 aliphatic carbocycles. The first-order valence-corrected chi connectivity index (χ1v) is 8.51. The lowest BCUT2D eigenvalue weighted by Crippen LogP contribution is -2.40. The summed E-state index contributed by atoms with van der Waals surface area (Å²) in [6.45, 7) is 4.20. The van der Waals surface area contributed by atoms with Crippen LogP contribution in [0.4, 0.5) is 0 Å². The molecule has 2 heterocycles. The molecule has 0 aromatic rings. The van der Waals surface area contributed by atoms with Gasteiger partial charge >= 0.3 is 0 Å². The number of hydrogen-bond donors (Lipinski definition) is 1. The maximum Gasteiger partial charge on any atom is 0.256 e. The molecular weight excluding hydrogens is 292 g/mol. The Bertz CT molecular complexity index is 573. The van der Waals surface area contributed by atoms with Crippen molar-refractivity contribution in [2.24, 2.45) is 17.8 Å². The third-order valence-corrected chi connectivity index (χ3v) is 5.14. The second kappa shape index (κ2) is 6.79. The van der Waals surface area contributed by atoms with Gasteiger partial charge in [-0.2, -0.15) is 0 Å². The van der Waals surface area contributed by atoms with Gasteiger partial charge in [-0.05, 0) is 57.5 Å². The Morgan fingerprint density at radius 2 is 2.09 bits per heavy atom. The van der Waals surface area contributed by atoms with Crippen LogP contribution in [0.15, 0.2) is 23.3 Å². The summed E-state index contributed by atoms with van der Waals surface area (Å²) in [4.78, 5) is 36.9. The SMILES string of the molecule is C/C(=C\C1CCNCC1)C(=O)N1CCC(C2CC2C=O)=CC1=O. The van der Waals surface area contributed by atoms with Crippen molar-refractivity contribution in [3.05, 3.63) is 23.3 Å². The van der Waals surface area contributed by atoms with Crippen molar-refractivity contribution in [1.29, 1.82) is 0 Å². The van der Waals surface area contributed by atoms with Crippen LogP contribution < -0.4 is 5.32 Å². The van der Waals surface area contributed by atoms with E-state index in [0.29, 0.717) is 24.5 Å². The van der Waals surface area contributed by atoms with Crippen molar-refractivity contribution in [3.8, 4) is 0 Å². The molecule has 0 spiro atoms. The number of nitrogens with zero attached hydrogens (tertiary/aromatic N) is 1. The van der Waals surface area contributed by atoms with Crippen LogP contribution in [0, 0.1) is 17.8 Å². The monoisotopic (exact) mass is 316 g/mol. The number of hydrogen-bond acceptors (Lipinski definition) is 4. The molecule has 0 bridgehead atoms. The van der Waals surface area contributed by atoms with Gasteiger partial charge in [0, 0.05) is 24.1 Å².